The Bertz CT molecular complexity index is 419. The molecule has 0 bridgehead atoms. The smallest absolute Gasteiger partial charge is 0.348 e. The maximum atomic E-state index is 12.7. The number of nitro benzene ring substituents is 1. The van der Waals surface area contributed by atoms with Crippen LogP contribution >= 0.6 is 11.6 Å². The summed E-state index contributed by atoms with van der Waals surface area (Å²) >= 11 is 4.71. The van der Waals surface area contributed by atoms with Crippen molar-refractivity contribution in [2.45, 2.75) is 5.38 Å². The summed E-state index contributed by atoms with van der Waals surface area (Å²) in [4.78, 5) is 9.53. The number of hydrogen-bond donors (Lipinski definition) is 2. The van der Waals surface area contributed by atoms with E-state index in [1.54, 1.807) is 0 Å². The van der Waals surface area contributed by atoms with Gasteiger partial charge in [-0.05, 0) is 17.7 Å². The molecule has 0 aromatic heterocycles. The fraction of sp³-hybridized carbons (Fsp3) is 0.143. The minimum atomic E-state index is -3.72. The Morgan fingerprint density at radius 1 is 1.40 bits per heavy atom. The Kier molecular flexibility index (Phi) is 2.67. The zero-order valence-electron chi connectivity index (χ0n) is 7.21. The molecule has 4 N–H and O–H groups in total. The summed E-state index contributed by atoms with van der Waals surface area (Å²) in [7, 11) is 0. The summed E-state index contributed by atoms with van der Waals surface area (Å²) in [5.41, 5.74) is 8.36. The van der Waals surface area contributed by atoms with Gasteiger partial charge < -0.3 is 11.5 Å². The van der Waals surface area contributed by atoms with Crippen LogP contribution in [0.15, 0.2) is 12.1 Å². The minimum Gasteiger partial charge on any atom is -0.397 e. The molecule has 0 aliphatic carbocycles. The lowest BCUT2D eigenvalue weighted by atomic mass is 10.1. The third-order valence-electron chi connectivity index (χ3n) is 1.71. The Balaban J connectivity index is 3.43. The van der Waals surface area contributed by atoms with E-state index in [9.17, 15) is 18.9 Å². The lowest BCUT2D eigenvalue weighted by Crippen LogP contribution is -2.08. The van der Waals surface area contributed by atoms with Crippen molar-refractivity contribution in [2.75, 3.05) is 11.5 Å². The first-order chi connectivity index (χ1) is 6.73. The van der Waals surface area contributed by atoms with E-state index in [1.807, 2.05) is 0 Å². The van der Waals surface area contributed by atoms with Crippen LogP contribution in [0.5, 0.6) is 0 Å². The number of nitrogen functional groups attached to an aromatic ring is 2. The van der Waals surface area contributed by atoms with Crippen LogP contribution in [-0.4, -0.2) is 4.92 Å². The molecule has 1 rings (SSSR count). The summed E-state index contributed by atoms with van der Waals surface area (Å²) in [6.07, 6.45) is 0. The van der Waals surface area contributed by atoms with Crippen molar-refractivity contribution in [3.8, 4) is 0 Å². The highest BCUT2D eigenvalue weighted by molar-refractivity contribution is 6.21. The molecular formula is C7H6ClF2N3O2. The monoisotopic (exact) mass is 237 g/mol. The van der Waals surface area contributed by atoms with Crippen molar-refractivity contribution in [3.63, 3.8) is 0 Å². The highest BCUT2D eigenvalue weighted by Gasteiger charge is 2.31. The molecule has 0 spiro atoms. The predicted molar refractivity (Wildman–Crippen MR) is 51.7 cm³/mol. The van der Waals surface area contributed by atoms with E-state index < -0.39 is 21.6 Å². The summed E-state index contributed by atoms with van der Waals surface area (Å²) < 4.78 is 25.3. The molecule has 82 valence electrons. The van der Waals surface area contributed by atoms with Gasteiger partial charge in [-0.2, -0.15) is 8.78 Å². The Morgan fingerprint density at radius 3 is 2.33 bits per heavy atom. The molecule has 8 heteroatoms. The molecule has 0 aliphatic heterocycles. The van der Waals surface area contributed by atoms with E-state index in [0.717, 1.165) is 6.07 Å². The van der Waals surface area contributed by atoms with Gasteiger partial charge in [-0.15, -0.1) is 0 Å². The molecule has 0 saturated heterocycles. The van der Waals surface area contributed by atoms with E-state index in [0.29, 0.717) is 6.07 Å². The number of hydrogen-bond acceptors (Lipinski definition) is 4. The molecular weight excluding hydrogens is 232 g/mol. The average molecular weight is 238 g/mol. The zero-order chi connectivity index (χ0) is 11.8. The van der Waals surface area contributed by atoms with Crippen LogP contribution in [-0.2, 0) is 5.38 Å². The molecule has 0 atom stereocenters. The second kappa shape index (κ2) is 3.50. The van der Waals surface area contributed by atoms with Gasteiger partial charge in [0.2, 0.25) is 0 Å². The summed E-state index contributed by atoms with van der Waals surface area (Å²) in [5.74, 6) is 0. The van der Waals surface area contributed by atoms with Crippen LogP contribution in [0.2, 0.25) is 0 Å². The minimum absolute atomic E-state index is 0.306. The molecule has 0 aliphatic rings. The summed E-state index contributed by atoms with van der Waals surface area (Å²) in [6, 6.07) is 1.40. The highest BCUT2D eigenvalue weighted by atomic mass is 35.5. The number of alkyl halides is 3. The van der Waals surface area contributed by atoms with Crippen LogP contribution in [0.1, 0.15) is 5.56 Å². The van der Waals surface area contributed by atoms with Gasteiger partial charge in [-0.3, -0.25) is 10.1 Å². The largest absolute Gasteiger partial charge is 0.397 e. The fourth-order valence-electron chi connectivity index (χ4n) is 0.975. The first-order valence-electron chi connectivity index (χ1n) is 3.64. The maximum absolute atomic E-state index is 12.7. The average Bonchev–Trinajstić information content (AvgIpc) is 2.06. The van der Waals surface area contributed by atoms with Crippen molar-refractivity contribution in [1.29, 1.82) is 0 Å². The molecule has 1 aromatic carbocycles. The Hall–Kier alpha value is -1.63. The predicted octanol–water partition coefficient (Wildman–Crippen LogP) is 2.05. The fourth-order valence-corrected chi connectivity index (χ4v) is 1.08. The molecule has 1 aromatic rings. The Morgan fingerprint density at radius 2 is 1.93 bits per heavy atom. The van der Waals surface area contributed by atoms with Gasteiger partial charge in [-0.1, -0.05) is 0 Å². The highest BCUT2D eigenvalue weighted by Crippen LogP contribution is 2.38. The zero-order valence-corrected chi connectivity index (χ0v) is 7.96. The molecule has 0 unspecified atom stereocenters. The van der Waals surface area contributed by atoms with Crippen LogP contribution < -0.4 is 11.5 Å². The summed E-state index contributed by atoms with van der Waals surface area (Å²) in [5, 5.41) is 6.72. The molecule has 0 saturated carbocycles. The van der Waals surface area contributed by atoms with Gasteiger partial charge >= 0.3 is 5.38 Å². The van der Waals surface area contributed by atoms with Crippen LogP contribution in [0, 0.1) is 10.1 Å². The van der Waals surface area contributed by atoms with Crippen LogP contribution in [0.25, 0.3) is 0 Å². The Labute approximate surface area is 87.8 Å². The van der Waals surface area contributed by atoms with Gasteiger partial charge in [0, 0.05) is 11.6 Å². The third-order valence-corrected chi connectivity index (χ3v) is 1.93. The van der Waals surface area contributed by atoms with Gasteiger partial charge in [0.1, 0.15) is 5.69 Å². The number of halogens is 3. The van der Waals surface area contributed by atoms with Crippen molar-refractivity contribution < 1.29 is 13.7 Å². The number of nitrogens with zero attached hydrogens (tertiary/aromatic N) is 1. The van der Waals surface area contributed by atoms with E-state index in [-0.39, 0.29) is 11.4 Å². The number of nitrogens with two attached hydrogens (primary N) is 2. The van der Waals surface area contributed by atoms with Gasteiger partial charge in [0.15, 0.2) is 0 Å². The molecule has 0 amide bonds. The number of nitro groups is 1. The second-order valence-electron chi connectivity index (χ2n) is 2.75. The van der Waals surface area contributed by atoms with Crippen LogP contribution in [0.4, 0.5) is 25.8 Å². The third kappa shape index (κ3) is 2.24. The van der Waals surface area contributed by atoms with Gasteiger partial charge in [0.05, 0.1) is 10.6 Å². The molecule has 5 nitrogen and oxygen atoms in total. The molecule has 15 heavy (non-hydrogen) atoms. The molecule has 0 radical (unpaired) electrons. The SMILES string of the molecule is Nc1cc(C(F)(F)Cl)cc([N+](=O)[O-])c1N. The molecule has 0 heterocycles. The first kappa shape index (κ1) is 11.4. The van der Waals surface area contributed by atoms with Gasteiger partial charge in [-0.25, -0.2) is 0 Å². The maximum Gasteiger partial charge on any atom is 0.348 e. The number of rotatable bonds is 2. The molecule has 0 fully saturated rings. The quantitative estimate of drug-likeness (QED) is 0.356. The second-order valence-corrected chi connectivity index (χ2v) is 3.23. The first-order valence-corrected chi connectivity index (χ1v) is 4.02. The van der Waals surface area contributed by atoms with Crippen molar-refractivity contribution in [3.05, 3.63) is 27.8 Å². The van der Waals surface area contributed by atoms with Crippen molar-refractivity contribution in [2.24, 2.45) is 0 Å². The van der Waals surface area contributed by atoms with Crippen molar-refractivity contribution >= 4 is 28.7 Å². The van der Waals surface area contributed by atoms with E-state index in [1.165, 1.54) is 0 Å². The van der Waals surface area contributed by atoms with E-state index in [2.05, 4.69) is 0 Å². The van der Waals surface area contributed by atoms with Crippen molar-refractivity contribution in [1.82, 2.24) is 0 Å². The van der Waals surface area contributed by atoms with Gasteiger partial charge in [0.25, 0.3) is 5.69 Å². The number of benzene rings is 1. The lowest BCUT2D eigenvalue weighted by molar-refractivity contribution is -0.384. The topological polar surface area (TPSA) is 95.2 Å². The normalized spacial score (nSPS) is 11.4. The van der Waals surface area contributed by atoms with E-state index in [4.69, 9.17) is 23.1 Å². The lowest BCUT2D eigenvalue weighted by Gasteiger charge is -2.10. The standard InChI is InChI=1S/C7H6ClF2N3O2/c8-7(9,10)3-1-4(11)6(12)5(2-3)13(14)15/h1-2H,11-12H2. The number of anilines is 2. The van der Waals surface area contributed by atoms with Crippen LogP contribution in [0.3, 0.4) is 0 Å². The summed E-state index contributed by atoms with van der Waals surface area (Å²) in [6.45, 7) is 0. The van der Waals surface area contributed by atoms with E-state index >= 15 is 0 Å².